The first-order valence-electron chi connectivity index (χ1n) is 8.96. The molecule has 1 N–H and O–H groups in total. The van der Waals surface area contributed by atoms with E-state index in [2.05, 4.69) is 9.98 Å². The van der Waals surface area contributed by atoms with E-state index in [1.54, 1.807) is 31.2 Å². The number of aliphatic imine (C=N–C) groups is 2. The lowest BCUT2D eigenvalue weighted by atomic mass is 9.99. The number of nitrogens with zero attached hydrogens (tertiary/aromatic N) is 3. The molecule has 1 aliphatic heterocycles. The predicted octanol–water partition coefficient (Wildman–Crippen LogP) is 3.38. The number of non-ortho nitro benzene ring substituents is 1. The number of rotatable bonds is 5. The van der Waals surface area contributed by atoms with Crippen LogP contribution in [0.25, 0.3) is 0 Å². The van der Waals surface area contributed by atoms with E-state index in [1.807, 2.05) is 0 Å². The van der Waals surface area contributed by atoms with Gasteiger partial charge in [0.1, 0.15) is 11.3 Å². The Morgan fingerprint density at radius 1 is 1.13 bits per heavy atom. The number of hydrogen-bond acceptors (Lipinski definition) is 6. The molecule has 1 amide bonds. The minimum atomic E-state index is -0.742. The Bertz CT molecular complexity index is 1130. The van der Waals surface area contributed by atoms with Crippen molar-refractivity contribution in [1.82, 2.24) is 0 Å². The second-order valence-electron chi connectivity index (χ2n) is 6.23. The van der Waals surface area contributed by atoms with Gasteiger partial charge in [0.05, 0.1) is 17.2 Å². The molecule has 0 unspecified atom stereocenters. The SMILES string of the molecule is CCOC(=O)/C(C1=NC(=NC(=O)c2ccc([N+](=O)[O-])cc2)c2ccccc21)=C(\C)O. The van der Waals surface area contributed by atoms with Crippen molar-refractivity contribution in [2.45, 2.75) is 13.8 Å². The van der Waals surface area contributed by atoms with Gasteiger partial charge < -0.3 is 9.84 Å². The number of nitro groups is 1. The van der Waals surface area contributed by atoms with E-state index in [9.17, 15) is 24.8 Å². The number of allylic oxidation sites excluding steroid dienone is 1. The van der Waals surface area contributed by atoms with Crippen LogP contribution < -0.4 is 0 Å². The zero-order valence-electron chi connectivity index (χ0n) is 16.2. The second kappa shape index (κ2) is 8.48. The van der Waals surface area contributed by atoms with Gasteiger partial charge in [-0.1, -0.05) is 24.3 Å². The highest BCUT2D eigenvalue weighted by atomic mass is 16.6. The zero-order chi connectivity index (χ0) is 21.8. The number of nitro benzene ring substituents is 1. The van der Waals surface area contributed by atoms with Gasteiger partial charge in [-0.05, 0) is 26.0 Å². The van der Waals surface area contributed by atoms with E-state index < -0.39 is 16.8 Å². The molecule has 0 spiro atoms. The van der Waals surface area contributed by atoms with Gasteiger partial charge in [0.2, 0.25) is 0 Å². The lowest BCUT2D eigenvalue weighted by Gasteiger charge is -2.08. The Labute approximate surface area is 171 Å². The van der Waals surface area contributed by atoms with Gasteiger partial charge in [0, 0.05) is 28.8 Å². The second-order valence-corrected chi connectivity index (χ2v) is 6.23. The number of amidine groups is 1. The summed E-state index contributed by atoms with van der Waals surface area (Å²) in [5.74, 6) is -1.60. The van der Waals surface area contributed by atoms with E-state index in [0.717, 1.165) is 0 Å². The molecule has 1 aliphatic rings. The van der Waals surface area contributed by atoms with Crippen LogP contribution in [0.2, 0.25) is 0 Å². The fourth-order valence-corrected chi connectivity index (χ4v) is 2.89. The molecule has 0 aliphatic carbocycles. The van der Waals surface area contributed by atoms with Gasteiger partial charge in [-0.25, -0.2) is 9.79 Å². The third-order valence-corrected chi connectivity index (χ3v) is 4.25. The predicted molar refractivity (Wildman–Crippen MR) is 109 cm³/mol. The van der Waals surface area contributed by atoms with Crippen molar-refractivity contribution in [3.8, 4) is 0 Å². The van der Waals surface area contributed by atoms with Crippen LogP contribution in [0.1, 0.15) is 35.3 Å². The molecule has 9 heteroatoms. The van der Waals surface area contributed by atoms with Crippen LogP contribution in [0.3, 0.4) is 0 Å². The summed E-state index contributed by atoms with van der Waals surface area (Å²) >= 11 is 0. The number of hydrogen-bond donors (Lipinski definition) is 1. The Balaban J connectivity index is 2.04. The third-order valence-electron chi connectivity index (χ3n) is 4.25. The van der Waals surface area contributed by atoms with Crippen molar-refractivity contribution in [2.24, 2.45) is 9.98 Å². The summed E-state index contributed by atoms with van der Waals surface area (Å²) in [5.41, 5.74) is 1.06. The van der Waals surface area contributed by atoms with Crippen LogP contribution in [0, 0.1) is 10.1 Å². The molecule has 0 radical (unpaired) electrons. The summed E-state index contributed by atoms with van der Waals surface area (Å²) in [6.45, 7) is 3.10. The molecular weight excluding hydrogens is 390 g/mol. The molecule has 0 aromatic heterocycles. The molecule has 0 fully saturated rings. The molecular formula is C21H17N3O6. The van der Waals surface area contributed by atoms with Crippen molar-refractivity contribution in [2.75, 3.05) is 6.61 Å². The summed E-state index contributed by atoms with van der Waals surface area (Å²) < 4.78 is 5.01. The van der Waals surface area contributed by atoms with Crippen LogP contribution in [0.5, 0.6) is 0 Å². The standard InChI is InChI=1S/C21H17N3O6/c1-3-30-21(27)17(12(2)25)18-15-6-4-5-7-16(15)19(22-18)23-20(26)13-8-10-14(11-9-13)24(28)29/h4-11,25H,3H2,1-2H3/b17-12+,23-19?. The highest BCUT2D eigenvalue weighted by Gasteiger charge is 2.30. The van der Waals surface area contributed by atoms with Crippen LogP contribution in [0.4, 0.5) is 5.69 Å². The van der Waals surface area contributed by atoms with E-state index in [4.69, 9.17) is 4.74 Å². The molecule has 30 heavy (non-hydrogen) atoms. The Kier molecular flexibility index (Phi) is 5.82. The van der Waals surface area contributed by atoms with Gasteiger partial charge in [-0.2, -0.15) is 4.99 Å². The van der Waals surface area contributed by atoms with E-state index in [-0.39, 0.29) is 40.7 Å². The topological polar surface area (TPSA) is 131 Å². The molecule has 152 valence electrons. The summed E-state index contributed by atoms with van der Waals surface area (Å²) in [7, 11) is 0. The van der Waals surface area contributed by atoms with Crippen molar-refractivity contribution in [1.29, 1.82) is 0 Å². The van der Waals surface area contributed by atoms with E-state index >= 15 is 0 Å². The highest BCUT2D eigenvalue weighted by Crippen LogP contribution is 2.26. The molecule has 3 rings (SSSR count). The molecule has 0 atom stereocenters. The number of amides is 1. The summed E-state index contributed by atoms with van der Waals surface area (Å²) in [6, 6.07) is 11.9. The number of carbonyl (C=O) groups is 2. The maximum absolute atomic E-state index is 12.6. The van der Waals surface area contributed by atoms with Crippen LogP contribution in [0.15, 0.2) is 69.8 Å². The fourth-order valence-electron chi connectivity index (χ4n) is 2.89. The van der Waals surface area contributed by atoms with Gasteiger partial charge in [-0.15, -0.1) is 0 Å². The number of carbonyl (C=O) groups excluding carboxylic acids is 2. The largest absolute Gasteiger partial charge is 0.512 e. The number of fused-ring (bicyclic) bond motifs is 1. The minimum Gasteiger partial charge on any atom is -0.512 e. The summed E-state index contributed by atoms with van der Waals surface area (Å²) in [5, 5.41) is 20.8. The van der Waals surface area contributed by atoms with Gasteiger partial charge in [-0.3, -0.25) is 14.9 Å². The maximum Gasteiger partial charge on any atom is 0.343 e. The van der Waals surface area contributed by atoms with Crippen LogP contribution in [-0.2, 0) is 9.53 Å². The number of ether oxygens (including phenoxy) is 1. The number of aliphatic hydroxyl groups excluding tert-OH is 1. The number of benzene rings is 2. The van der Waals surface area contributed by atoms with Crippen LogP contribution >= 0.6 is 0 Å². The molecule has 1 heterocycles. The Morgan fingerprint density at radius 2 is 1.77 bits per heavy atom. The maximum atomic E-state index is 12.6. The number of esters is 1. The minimum absolute atomic E-state index is 0.0620. The summed E-state index contributed by atoms with van der Waals surface area (Å²) in [6.07, 6.45) is 0. The van der Waals surface area contributed by atoms with Crippen molar-refractivity contribution < 1.29 is 24.4 Å². The van der Waals surface area contributed by atoms with Crippen molar-refractivity contribution in [3.63, 3.8) is 0 Å². The molecule has 0 saturated carbocycles. The first-order valence-corrected chi connectivity index (χ1v) is 8.96. The van der Waals surface area contributed by atoms with Gasteiger partial charge >= 0.3 is 5.97 Å². The van der Waals surface area contributed by atoms with Gasteiger partial charge in [0.15, 0.2) is 5.84 Å². The third kappa shape index (κ3) is 4.00. The van der Waals surface area contributed by atoms with Crippen molar-refractivity contribution >= 4 is 29.1 Å². The molecule has 2 aromatic rings. The lowest BCUT2D eigenvalue weighted by Crippen LogP contribution is -2.18. The molecule has 9 nitrogen and oxygen atoms in total. The lowest BCUT2D eigenvalue weighted by molar-refractivity contribution is -0.384. The molecule has 0 bridgehead atoms. The van der Waals surface area contributed by atoms with Crippen LogP contribution in [-0.4, -0.2) is 40.1 Å². The first-order chi connectivity index (χ1) is 14.3. The molecule has 0 saturated heterocycles. The van der Waals surface area contributed by atoms with Crippen molar-refractivity contribution in [3.05, 3.63) is 86.7 Å². The zero-order valence-corrected chi connectivity index (χ0v) is 16.2. The monoisotopic (exact) mass is 407 g/mol. The van der Waals surface area contributed by atoms with E-state index in [0.29, 0.717) is 11.1 Å². The average molecular weight is 407 g/mol. The normalized spacial score (nSPS) is 14.6. The average Bonchev–Trinajstić information content (AvgIpc) is 3.06. The highest BCUT2D eigenvalue weighted by molar-refractivity contribution is 6.36. The Hall–Kier alpha value is -4.14. The van der Waals surface area contributed by atoms with E-state index in [1.165, 1.54) is 31.2 Å². The quantitative estimate of drug-likeness (QED) is 0.266. The first kappa shape index (κ1) is 20.6. The summed E-state index contributed by atoms with van der Waals surface area (Å²) in [4.78, 5) is 43.4. The van der Waals surface area contributed by atoms with Gasteiger partial charge in [0.25, 0.3) is 11.6 Å². The number of aliphatic hydroxyl groups is 1. The molecule has 2 aromatic carbocycles. The Morgan fingerprint density at radius 3 is 2.33 bits per heavy atom. The fraction of sp³-hybridized carbons (Fsp3) is 0.143. The smallest absolute Gasteiger partial charge is 0.343 e.